The molecule has 35 heavy (non-hydrogen) atoms. The van der Waals surface area contributed by atoms with Gasteiger partial charge in [-0.05, 0) is 55.5 Å². The van der Waals surface area contributed by atoms with E-state index < -0.39 is 5.92 Å². The molecule has 2 fully saturated rings. The summed E-state index contributed by atoms with van der Waals surface area (Å²) in [7, 11) is 0. The fourth-order valence-electron chi connectivity index (χ4n) is 5.11. The van der Waals surface area contributed by atoms with Crippen molar-refractivity contribution in [3.05, 3.63) is 82.6 Å². The number of nitrogens with zero attached hydrogens (tertiary/aromatic N) is 2. The molecule has 2 aliphatic rings. The number of hydrogen-bond acceptors (Lipinski definition) is 4. The van der Waals surface area contributed by atoms with Crippen molar-refractivity contribution in [3.8, 4) is 0 Å². The van der Waals surface area contributed by atoms with Crippen LogP contribution in [0.25, 0.3) is 0 Å². The second-order valence-corrected chi connectivity index (χ2v) is 10.3. The van der Waals surface area contributed by atoms with E-state index in [2.05, 4.69) is 5.32 Å². The Hall–Kier alpha value is -3.45. The Morgan fingerprint density at radius 1 is 0.943 bits per heavy atom. The van der Waals surface area contributed by atoms with Crippen LogP contribution in [0.4, 0.5) is 11.4 Å². The third-order valence-corrected chi connectivity index (χ3v) is 7.95. The minimum absolute atomic E-state index is 0.00125. The van der Waals surface area contributed by atoms with Gasteiger partial charge in [-0.1, -0.05) is 42.0 Å². The van der Waals surface area contributed by atoms with Gasteiger partial charge in [0.25, 0.3) is 0 Å². The Morgan fingerprint density at radius 2 is 1.66 bits per heavy atom. The van der Waals surface area contributed by atoms with E-state index in [-0.39, 0.29) is 36.1 Å². The summed E-state index contributed by atoms with van der Waals surface area (Å²) in [6.07, 6.45) is 1.44. The van der Waals surface area contributed by atoms with Gasteiger partial charge in [0.1, 0.15) is 0 Å². The molecule has 1 N–H and O–H groups in total. The first-order valence-corrected chi connectivity index (χ1v) is 13.0. The third kappa shape index (κ3) is 4.86. The molecule has 0 bridgehead atoms. The van der Waals surface area contributed by atoms with Crippen LogP contribution >= 0.6 is 11.3 Å². The van der Waals surface area contributed by atoms with Crippen molar-refractivity contribution in [1.82, 2.24) is 4.90 Å². The molecule has 0 saturated carbocycles. The molecule has 0 spiro atoms. The van der Waals surface area contributed by atoms with E-state index in [9.17, 15) is 14.4 Å². The van der Waals surface area contributed by atoms with E-state index in [0.29, 0.717) is 25.9 Å². The Morgan fingerprint density at radius 3 is 2.31 bits per heavy atom. The first-order valence-electron chi connectivity index (χ1n) is 12.1. The van der Waals surface area contributed by atoms with Gasteiger partial charge < -0.3 is 15.1 Å². The lowest BCUT2D eigenvalue weighted by atomic mass is 9.92. The first kappa shape index (κ1) is 23.3. The van der Waals surface area contributed by atoms with Gasteiger partial charge in [0, 0.05) is 41.7 Å². The number of piperidine rings is 1. The van der Waals surface area contributed by atoms with Crippen molar-refractivity contribution in [2.24, 2.45) is 11.8 Å². The van der Waals surface area contributed by atoms with Crippen molar-refractivity contribution in [2.75, 3.05) is 23.3 Å². The lowest BCUT2D eigenvalue weighted by Crippen LogP contribution is -2.45. The molecule has 2 aromatic carbocycles. The molecule has 3 aromatic rings. The Balaban J connectivity index is 1.29. The molecule has 0 unspecified atom stereocenters. The predicted molar refractivity (Wildman–Crippen MR) is 138 cm³/mol. The molecule has 5 rings (SSSR count). The standard InChI is InChI=1S/C28H29N3O3S/c1-19-9-11-22(12-10-19)31-25(32)18-23(26(31)24-8-5-17-35-24)28(34)30-15-13-20(14-16-30)27(33)29-21-6-3-2-4-7-21/h2-12,17,20,23,26H,13-16,18H2,1H3,(H,29,33)/t23-,26-/m0/s1. The Bertz CT molecular complexity index is 1190. The Kier molecular flexibility index (Phi) is 6.68. The van der Waals surface area contributed by atoms with Gasteiger partial charge in [0.05, 0.1) is 12.0 Å². The molecule has 2 saturated heterocycles. The summed E-state index contributed by atoms with van der Waals surface area (Å²) >= 11 is 1.58. The van der Waals surface area contributed by atoms with Crippen LogP contribution < -0.4 is 10.2 Å². The highest BCUT2D eigenvalue weighted by molar-refractivity contribution is 7.10. The van der Waals surface area contributed by atoms with Gasteiger partial charge in [-0.3, -0.25) is 14.4 Å². The monoisotopic (exact) mass is 487 g/mol. The van der Waals surface area contributed by atoms with Crippen molar-refractivity contribution in [1.29, 1.82) is 0 Å². The smallest absolute Gasteiger partial charge is 0.228 e. The SMILES string of the molecule is Cc1ccc(N2C(=O)C[C@H](C(=O)N3CCC(C(=O)Nc4ccccc4)CC3)[C@H]2c2cccs2)cc1. The molecule has 0 aliphatic carbocycles. The van der Waals surface area contributed by atoms with Crippen LogP contribution in [0.1, 0.15) is 35.7 Å². The summed E-state index contributed by atoms with van der Waals surface area (Å²) in [5.41, 5.74) is 2.74. The number of rotatable bonds is 5. The maximum absolute atomic E-state index is 13.7. The van der Waals surface area contributed by atoms with Gasteiger partial charge in [-0.2, -0.15) is 0 Å². The molecule has 2 aliphatic heterocycles. The maximum Gasteiger partial charge on any atom is 0.228 e. The number of thiophene rings is 1. The summed E-state index contributed by atoms with van der Waals surface area (Å²) in [5.74, 6) is -0.573. The topological polar surface area (TPSA) is 69.7 Å². The number of benzene rings is 2. The number of aryl methyl sites for hydroxylation is 1. The van der Waals surface area contributed by atoms with Crippen LogP contribution in [0, 0.1) is 18.8 Å². The molecule has 7 heteroatoms. The molecule has 2 atom stereocenters. The quantitative estimate of drug-likeness (QED) is 0.549. The number of nitrogens with one attached hydrogen (secondary N) is 1. The van der Waals surface area contributed by atoms with Crippen LogP contribution in [0.2, 0.25) is 0 Å². The van der Waals surface area contributed by atoms with E-state index in [0.717, 1.165) is 21.8 Å². The summed E-state index contributed by atoms with van der Waals surface area (Å²) in [4.78, 5) is 44.3. The van der Waals surface area contributed by atoms with Crippen LogP contribution in [0.15, 0.2) is 72.1 Å². The summed E-state index contributed by atoms with van der Waals surface area (Å²) in [5, 5.41) is 4.97. The maximum atomic E-state index is 13.7. The zero-order valence-corrected chi connectivity index (χ0v) is 20.5. The van der Waals surface area contributed by atoms with E-state index >= 15 is 0 Å². The molecule has 1 aromatic heterocycles. The largest absolute Gasteiger partial charge is 0.342 e. The first-order chi connectivity index (χ1) is 17.0. The average Bonchev–Trinajstić information content (AvgIpc) is 3.53. The molecule has 3 amide bonds. The zero-order chi connectivity index (χ0) is 24.4. The molecular weight excluding hydrogens is 458 g/mol. The predicted octanol–water partition coefficient (Wildman–Crippen LogP) is 5.03. The van der Waals surface area contributed by atoms with Crippen LogP contribution in [-0.2, 0) is 14.4 Å². The summed E-state index contributed by atoms with van der Waals surface area (Å²) in [6, 6.07) is 21.0. The molecule has 6 nitrogen and oxygen atoms in total. The van der Waals surface area contributed by atoms with Crippen molar-refractivity contribution in [2.45, 2.75) is 32.2 Å². The van der Waals surface area contributed by atoms with E-state index in [1.165, 1.54) is 0 Å². The highest BCUT2D eigenvalue weighted by Gasteiger charge is 2.47. The molecule has 0 radical (unpaired) electrons. The number of carbonyl (C=O) groups is 3. The van der Waals surface area contributed by atoms with Gasteiger partial charge in [-0.15, -0.1) is 11.3 Å². The third-order valence-electron chi connectivity index (χ3n) is 7.01. The fourth-order valence-corrected chi connectivity index (χ4v) is 5.99. The number of amides is 3. The van der Waals surface area contributed by atoms with Gasteiger partial charge in [-0.25, -0.2) is 0 Å². The molecule has 3 heterocycles. The van der Waals surface area contributed by atoms with E-state index in [4.69, 9.17) is 0 Å². The highest BCUT2D eigenvalue weighted by Crippen LogP contribution is 2.44. The number of para-hydroxylation sites is 1. The van der Waals surface area contributed by atoms with Gasteiger partial charge in [0.15, 0.2) is 0 Å². The van der Waals surface area contributed by atoms with Gasteiger partial charge >= 0.3 is 0 Å². The minimum atomic E-state index is -0.433. The second kappa shape index (κ2) is 10.0. The van der Waals surface area contributed by atoms with Gasteiger partial charge in [0.2, 0.25) is 17.7 Å². The van der Waals surface area contributed by atoms with Crippen molar-refractivity contribution >= 4 is 40.4 Å². The lowest BCUT2D eigenvalue weighted by molar-refractivity contribution is -0.139. The highest BCUT2D eigenvalue weighted by atomic mass is 32.1. The van der Waals surface area contributed by atoms with E-state index in [1.54, 1.807) is 16.2 Å². The van der Waals surface area contributed by atoms with Crippen LogP contribution in [-0.4, -0.2) is 35.7 Å². The average molecular weight is 488 g/mol. The Labute approximate surface area is 209 Å². The second-order valence-electron chi connectivity index (χ2n) is 9.32. The summed E-state index contributed by atoms with van der Waals surface area (Å²) in [6.45, 7) is 3.07. The van der Waals surface area contributed by atoms with Crippen molar-refractivity contribution < 1.29 is 14.4 Å². The fraction of sp³-hybridized carbons (Fsp3) is 0.321. The van der Waals surface area contributed by atoms with E-state index in [1.807, 2.05) is 83.9 Å². The van der Waals surface area contributed by atoms with Crippen LogP contribution in [0.3, 0.4) is 0 Å². The summed E-state index contributed by atoms with van der Waals surface area (Å²) < 4.78 is 0. The molecular formula is C28H29N3O3S. The molecule has 180 valence electrons. The number of carbonyl (C=O) groups excluding carboxylic acids is 3. The number of hydrogen-bond donors (Lipinski definition) is 1. The normalized spacial score (nSPS) is 20.8. The number of anilines is 2. The lowest BCUT2D eigenvalue weighted by Gasteiger charge is -2.35. The van der Waals surface area contributed by atoms with Crippen LogP contribution in [0.5, 0.6) is 0 Å². The minimum Gasteiger partial charge on any atom is -0.342 e. The zero-order valence-electron chi connectivity index (χ0n) is 19.7. The number of likely N-dealkylation sites (tertiary alicyclic amines) is 1. The van der Waals surface area contributed by atoms with Crippen molar-refractivity contribution in [3.63, 3.8) is 0 Å².